The summed E-state index contributed by atoms with van der Waals surface area (Å²) in [7, 11) is 0. The van der Waals surface area contributed by atoms with Gasteiger partial charge < -0.3 is 26.8 Å². The van der Waals surface area contributed by atoms with E-state index in [4.69, 9.17) is 10.8 Å². The molecule has 1 fully saturated rings. The Morgan fingerprint density at radius 1 is 1.38 bits per heavy atom. The summed E-state index contributed by atoms with van der Waals surface area (Å²) in [6, 6.07) is 3.69. The molecule has 2 amide bonds. The van der Waals surface area contributed by atoms with Crippen molar-refractivity contribution >= 4 is 29.3 Å². The summed E-state index contributed by atoms with van der Waals surface area (Å²) in [4.78, 5) is 31.1. The van der Waals surface area contributed by atoms with Crippen LogP contribution in [0.1, 0.15) is 36.5 Å². The zero-order valence-corrected chi connectivity index (χ0v) is 15.9. The third kappa shape index (κ3) is 5.09. The topological polar surface area (TPSA) is 142 Å². The molecule has 154 valence electrons. The molecule has 2 atom stereocenters. The Hall–Kier alpha value is -3.43. The van der Waals surface area contributed by atoms with E-state index in [1.807, 2.05) is 6.92 Å². The van der Waals surface area contributed by atoms with Gasteiger partial charge >= 0.3 is 6.09 Å². The number of carbonyl (C=O) groups excluding carboxylic acids is 1. The van der Waals surface area contributed by atoms with Crippen LogP contribution in [-0.4, -0.2) is 39.2 Å². The molecule has 3 rings (SSSR count). The number of aromatic nitrogens is 2. The molecule has 1 aliphatic rings. The van der Waals surface area contributed by atoms with Gasteiger partial charge in [0.15, 0.2) is 11.6 Å². The number of pyridine rings is 2. The van der Waals surface area contributed by atoms with E-state index in [0.717, 1.165) is 18.9 Å². The lowest BCUT2D eigenvalue weighted by Crippen LogP contribution is -2.47. The zero-order chi connectivity index (χ0) is 21.0. The van der Waals surface area contributed by atoms with Crippen LogP contribution >= 0.6 is 0 Å². The van der Waals surface area contributed by atoms with Crippen molar-refractivity contribution in [2.45, 2.75) is 38.3 Å². The predicted molar refractivity (Wildman–Crippen MR) is 106 cm³/mol. The van der Waals surface area contributed by atoms with Gasteiger partial charge in [-0.3, -0.25) is 9.78 Å². The molecular formula is C19H23FN6O3. The smallest absolute Gasteiger partial charge is 0.404 e. The fraction of sp³-hybridized carbons (Fsp3) is 0.368. The van der Waals surface area contributed by atoms with Crippen molar-refractivity contribution in [2.75, 3.05) is 10.6 Å². The molecule has 2 aromatic rings. The van der Waals surface area contributed by atoms with Crippen molar-refractivity contribution in [3.05, 3.63) is 42.0 Å². The summed E-state index contributed by atoms with van der Waals surface area (Å²) < 4.78 is 14.7. The molecule has 0 aliphatic heterocycles. The van der Waals surface area contributed by atoms with Gasteiger partial charge in [0, 0.05) is 6.20 Å². The number of anilines is 3. The van der Waals surface area contributed by atoms with Gasteiger partial charge in [0.1, 0.15) is 5.82 Å². The molecule has 2 aromatic heterocycles. The molecule has 10 heteroatoms. The molecule has 0 radical (unpaired) electrons. The molecule has 6 N–H and O–H groups in total. The first-order chi connectivity index (χ1) is 13.9. The first-order valence-corrected chi connectivity index (χ1v) is 9.32. The highest BCUT2D eigenvalue weighted by Crippen LogP contribution is 2.37. The van der Waals surface area contributed by atoms with Gasteiger partial charge in [-0.15, -0.1) is 0 Å². The Bertz CT molecular complexity index is 891. The van der Waals surface area contributed by atoms with Gasteiger partial charge in [0.05, 0.1) is 29.5 Å². The summed E-state index contributed by atoms with van der Waals surface area (Å²) in [5, 5.41) is 17.5. The van der Waals surface area contributed by atoms with Gasteiger partial charge in [-0.1, -0.05) is 6.92 Å². The zero-order valence-electron chi connectivity index (χ0n) is 15.9. The van der Waals surface area contributed by atoms with Crippen LogP contribution in [0.15, 0.2) is 30.6 Å². The summed E-state index contributed by atoms with van der Waals surface area (Å²) in [6.45, 7) is 1.85. The molecule has 29 heavy (non-hydrogen) atoms. The average Bonchev–Trinajstić information content (AvgIpc) is 3.52. The molecule has 0 bridgehead atoms. The Kier molecular flexibility index (Phi) is 6.10. The second kappa shape index (κ2) is 8.72. The van der Waals surface area contributed by atoms with E-state index in [2.05, 4.69) is 25.9 Å². The van der Waals surface area contributed by atoms with E-state index in [9.17, 15) is 14.0 Å². The molecule has 0 aromatic carbocycles. The lowest BCUT2D eigenvalue weighted by molar-refractivity contribution is 0.100. The Morgan fingerprint density at radius 3 is 2.69 bits per heavy atom. The molecule has 1 saturated carbocycles. The van der Waals surface area contributed by atoms with Crippen LogP contribution in [0, 0.1) is 11.7 Å². The summed E-state index contributed by atoms with van der Waals surface area (Å²) >= 11 is 0. The van der Waals surface area contributed by atoms with Crippen LogP contribution in [0.5, 0.6) is 0 Å². The number of nitrogens with two attached hydrogens (primary N) is 1. The number of carbonyl (C=O) groups is 2. The summed E-state index contributed by atoms with van der Waals surface area (Å²) in [6.07, 6.45) is 4.34. The van der Waals surface area contributed by atoms with Crippen LogP contribution in [-0.2, 0) is 0 Å². The Balaban J connectivity index is 1.92. The SMILES string of the molecule is CC[C@H](NC(=O)O)[C@H](Nc1nc(Nc2cccnc2)c(C(N)=O)cc1F)C1CC1. The van der Waals surface area contributed by atoms with Gasteiger partial charge in [-0.2, -0.15) is 0 Å². The number of amides is 2. The number of nitrogens with one attached hydrogen (secondary N) is 3. The largest absolute Gasteiger partial charge is 0.465 e. The third-order valence-corrected chi connectivity index (χ3v) is 4.78. The van der Waals surface area contributed by atoms with Gasteiger partial charge in [-0.25, -0.2) is 14.2 Å². The number of primary amides is 1. The molecule has 2 heterocycles. The summed E-state index contributed by atoms with van der Waals surface area (Å²) in [5.41, 5.74) is 5.83. The van der Waals surface area contributed by atoms with Crippen LogP contribution < -0.4 is 21.7 Å². The first kappa shape index (κ1) is 20.3. The Labute approximate surface area is 166 Å². The van der Waals surface area contributed by atoms with Crippen molar-refractivity contribution in [3.63, 3.8) is 0 Å². The van der Waals surface area contributed by atoms with Crippen LogP contribution in [0.3, 0.4) is 0 Å². The predicted octanol–water partition coefficient (Wildman–Crippen LogP) is 2.69. The highest BCUT2D eigenvalue weighted by atomic mass is 19.1. The Morgan fingerprint density at radius 2 is 2.14 bits per heavy atom. The summed E-state index contributed by atoms with van der Waals surface area (Å²) in [5.74, 6) is -1.36. The molecular weight excluding hydrogens is 379 g/mol. The number of hydrogen-bond acceptors (Lipinski definition) is 6. The van der Waals surface area contributed by atoms with Gasteiger partial charge in [0.2, 0.25) is 0 Å². The number of hydrogen-bond donors (Lipinski definition) is 5. The first-order valence-electron chi connectivity index (χ1n) is 9.32. The van der Waals surface area contributed by atoms with Crippen LogP contribution in [0.25, 0.3) is 0 Å². The lowest BCUT2D eigenvalue weighted by Gasteiger charge is -2.28. The number of nitrogens with zero attached hydrogens (tertiary/aromatic N) is 2. The second-order valence-electron chi connectivity index (χ2n) is 6.92. The van der Waals surface area contributed by atoms with Crippen molar-refractivity contribution in [1.82, 2.24) is 15.3 Å². The van der Waals surface area contributed by atoms with E-state index >= 15 is 0 Å². The van der Waals surface area contributed by atoms with E-state index in [1.165, 1.54) is 6.20 Å². The van der Waals surface area contributed by atoms with E-state index in [1.54, 1.807) is 18.3 Å². The molecule has 0 saturated heterocycles. The standard InChI is InChI=1S/C19H23FN6O3/c1-2-14(24-19(28)29)15(10-5-6-10)25-18-13(20)8-12(16(21)27)17(26-18)23-11-4-3-7-22-9-11/h3-4,7-10,14-15,24H,2,5-6H2,1H3,(H2,21,27)(H,28,29)(H2,23,25,26)/t14-,15+/m0/s1. The van der Waals surface area contributed by atoms with E-state index in [0.29, 0.717) is 12.1 Å². The van der Waals surface area contributed by atoms with Gasteiger partial charge in [-0.05, 0) is 43.4 Å². The van der Waals surface area contributed by atoms with Crippen molar-refractivity contribution in [2.24, 2.45) is 11.7 Å². The van der Waals surface area contributed by atoms with E-state index < -0.39 is 23.9 Å². The second-order valence-corrected chi connectivity index (χ2v) is 6.92. The van der Waals surface area contributed by atoms with Crippen molar-refractivity contribution in [3.8, 4) is 0 Å². The normalized spacial score (nSPS) is 15.2. The minimum atomic E-state index is -1.14. The quantitative estimate of drug-likeness (QED) is 0.434. The third-order valence-electron chi connectivity index (χ3n) is 4.78. The van der Waals surface area contributed by atoms with Crippen molar-refractivity contribution in [1.29, 1.82) is 0 Å². The maximum Gasteiger partial charge on any atom is 0.404 e. The minimum absolute atomic E-state index is 0.0797. The number of halogens is 1. The highest BCUT2D eigenvalue weighted by Gasteiger charge is 2.37. The van der Waals surface area contributed by atoms with E-state index in [-0.39, 0.29) is 29.2 Å². The number of rotatable bonds is 9. The lowest BCUT2D eigenvalue weighted by atomic mass is 10.0. The van der Waals surface area contributed by atoms with Crippen LogP contribution in [0.2, 0.25) is 0 Å². The molecule has 1 aliphatic carbocycles. The maximum atomic E-state index is 14.7. The fourth-order valence-electron chi connectivity index (χ4n) is 3.21. The molecule has 0 unspecified atom stereocenters. The highest BCUT2D eigenvalue weighted by molar-refractivity contribution is 5.98. The molecule has 0 spiro atoms. The number of carboxylic acid groups (broad SMARTS) is 1. The monoisotopic (exact) mass is 402 g/mol. The molecule has 9 nitrogen and oxygen atoms in total. The van der Waals surface area contributed by atoms with Crippen LogP contribution in [0.4, 0.5) is 26.5 Å². The fourth-order valence-corrected chi connectivity index (χ4v) is 3.21. The van der Waals surface area contributed by atoms with Crippen molar-refractivity contribution < 1.29 is 19.1 Å². The maximum absolute atomic E-state index is 14.7. The van der Waals surface area contributed by atoms with Gasteiger partial charge in [0.25, 0.3) is 5.91 Å². The average molecular weight is 402 g/mol. The minimum Gasteiger partial charge on any atom is -0.465 e.